The fourth-order valence-electron chi connectivity index (χ4n) is 2.92. The first-order chi connectivity index (χ1) is 13.3. The average Bonchev–Trinajstić information content (AvgIpc) is 2.89. The lowest BCUT2D eigenvalue weighted by Crippen LogP contribution is -2.27. The molecule has 1 unspecified atom stereocenters. The van der Waals surface area contributed by atoms with Crippen molar-refractivity contribution in [2.24, 2.45) is 5.73 Å². The molecule has 0 saturated carbocycles. The summed E-state index contributed by atoms with van der Waals surface area (Å²) in [5, 5.41) is -0.685. The molecule has 156 valence electrons. The number of esters is 1. The smallest absolute Gasteiger partial charge is 0.344 e. The molecule has 8 nitrogen and oxygen atoms in total. The summed E-state index contributed by atoms with van der Waals surface area (Å²) in [6.07, 6.45) is 0. The summed E-state index contributed by atoms with van der Waals surface area (Å²) < 4.78 is 12.0. The number of ketones is 1. The zero-order chi connectivity index (χ0) is 22.1. The minimum atomic E-state index is -1.18. The molecule has 0 saturated heterocycles. The molecule has 0 aliphatic rings. The maximum atomic E-state index is 12.6. The van der Waals surface area contributed by atoms with Crippen molar-refractivity contribution in [3.8, 4) is 5.75 Å². The second-order valence-electron chi connectivity index (χ2n) is 7.47. The molecule has 1 amide bonds. The number of carbonyl (C=O) groups excluding carboxylic acids is 4. The number of carbonyl (C=O) groups is 4. The highest BCUT2D eigenvalue weighted by molar-refractivity contribution is 6.45. The minimum absolute atomic E-state index is 0.0713. The summed E-state index contributed by atoms with van der Waals surface area (Å²) in [4.78, 5) is 48.7. The molecule has 0 fully saturated rings. The van der Waals surface area contributed by atoms with Crippen LogP contribution in [-0.2, 0) is 14.3 Å². The number of ether oxygens (including phenoxy) is 2. The van der Waals surface area contributed by atoms with Crippen LogP contribution in [0.1, 0.15) is 48.5 Å². The predicted octanol–water partition coefficient (Wildman–Crippen LogP) is 2.61. The molecule has 1 aromatic heterocycles. The SMILES string of the molecule is Cc1c(C(=O)C(N)=O)c2c(OCC(=O)OC(C)(C)C)cccc2n1C(=O)C(C)Cl. The number of primary amides is 1. The number of alkyl halides is 1. The summed E-state index contributed by atoms with van der Waals surface area (Å²) in [6, 6.07) is 4.69. The van der Waals surface area contributed by atoms with Crippen molar-refractivity contribution in [1.29, 1.82) is 0 Å². The standard InChI is InChI=1S/C20H23ClN2O6/c1-10(21)19(27)23-11(2)15(17(25)18(22)26)16-12(23)7-6-8-13(16)28-9-14(24)29-20(3,4)5/h6-8,10H,9H2,1-5H3,(H2,22,26). The van der Waals surface area contributed by atoms with Crippen LogP contribution in [0.15, 0.2) is 18.2 Å². The number of hydrogen-bond acceptors (Lipinski definition) is 6. The Balaban J connectivity index is 2.62. The molecule has 0 bridgehead atoms. The van der Waals surface area contributed by atoms with Gasteiger partial charge in [0, 0.05) is 5.69 Å². The van der Waals surface area contributed by atoms with Crippen LogP contribution in [0.4, 0.5) is 0 Å². The van der Waals surface area contributed by atoms with Crippen LogP contribution >= 0.6 is 11.6 Å². The number of amides is 1. The van der Waals surface area contributed by atoms with Crippen molar-refractivity contribution >= 4 is 46.1 Å². The van der Waals surface area contributed by atoms with E-state index in [1.807, 2.05) is 0 Å². The van der Waals surface area contributed by atoms with Gasteiger partial charge in [-0.2, -0.15) is 0 Å². The fourth-order valence-corrected chi connectivity index (χ4v) is 3.02. The molecule has 9 heteroatoms. The van der Waals surface area contributed by atoms with Crippen molar-refractivity contribution in [2.45, 2.75) is 45.6 Å². The fraction of sp³-hybridized carbons (Fsp3) is 0.400. The highest BCUT2D eigenvalue weighted by atomic mass is 35.5. The van der Waals surface area contributed by atoms with Gasteiger partial charge < -0.3 is 15.2 Å². The molecule has 1 aromatic carbocycles. The Kier molecular flexibility index (Phi) is 6.37. The molecular formula is C20H23ClN2O6. The number of benzene rings is 1. The van der Waals surface area contributed by atoms with Crippen molar-refractivity contribution in [2.75, 3.05) is 6.61 Å². The molecule has 2 N–H and O–H groups in total. The summed E-state index contributed by atoms with van der Waals surface area (Å²) in [7, 11) is 0. The number of Topliss-reactive ketones (excluding diaryl/α,β-unsaturated/α-hetero) is 1. The number of halogens is 1. The summed E-state index contributed by atoms with van der Waals surface area (Å²) >= 11 is 5.95. The topological polar surface area (TPSA) is 118 Å². The van der Waals surface area contributed by atoms with E-state index in [-0.39, 0.29) is 22.4 Å². The Morgan fingerprint density at radius 1 is 1.21 bits per heavy atom. The quantitative estimate of drug-likeness (QED) is 0.331. The van der Waals surface area contributed by atoms with Gasteiger partial charge >= 0.3 is 5.97 Å². The lowest BCUT2D eigenvalue weighted by Gasteiger charge is -2.19. The normalized spacial score (nSPS) is 12.5. The minimum Gasteiger partial charge on any atom is -0.481 e. The lowest BCUT2D eigenvalue weighted by atomic mass is 10.1. The Morgan fingerprint density at radius 3 is 2.34 bits per heavy atom. The molecular weight excluding hydrogens is 400 g/mol. The molecule has 1 atom stereocenters. The summed E-state index contributed by atoms with van der Waals surface area (Å²) in [6.45, 7) is 7.73. The van der Waals surface area contributed by atoms with E-state index in [1.54, 1.807) is 32.9 Å². The summed E-state index contributed by atoms with van der Waals surface area (Å²) in [5.74, 6) is -3.12. The van der Waals surface area contributed by atoms with E-state index >= 15 is 0 Å². The molecule has 0 aliphatic heterocycles. The second-order valence-corrected chi connectivity index (χ2v) is 8.12. The molecule has 0 aliphatic carbocycles. The van der Waals surface area contributed by atoms with E-state index in [0.29, 0.717) is 5.52 Å². The monoisotopic (exact) mass is 422 g/mol. The van der Waals surface area contributed by atoms with Crippen LogP contribution in [0.3, 0.4) is 0 Å². The highest BCUT2D eigenvalue weighted by Crippen LogP contribution is 2.34. The first kappa shape index (κ1) is 22.4. The maximum absolute atomic E-state index is 12.6. The Bertz CT molecular complexity index is 1000. The van der Waals surface area contributed by atoms with E-state index in [9.17, 15) is 19.2 Å². The van der Waals surface area contributed by atoms with Gasteiger partial charge in [-0.15, -0.1) is 11.6 Å². The molecule has 29 heavy (non-hydrogen) atoms. The van der Waals surface area contributed by atoms with Gasteiger partial charge in [0.25, 0.3) is 11.7 Å². The highest BCUT2D eigenvalue weighted by Gasteiger charge is 2.29. The molecule has 0 spiro atoms. The van der Waals surface area contributed by atoms with Gasteiger partial charge in [0.15, 0.2) is 6.61 Å². The van der Waals surface area contributed by atoms with Crippen LogP contribution in [0.5, 0.6) is 5.75 Å². The zero-order valence-electron chi connectivity index (χ0n) is 16.9. The van der Waals surface area contributed by atoms with E-state index in [4.69, 9.17) is 26.8 Å². The van der Waals surface area contributed by atoms with Gasteiger partial charge in [-0.1, -0.05) is 6.07 Å². The number of fused-ring (bicyclic) bond motifs is 1. The molecule has 0 radical (unpaired) electrons. The van der Waals surface area contributed by atoms with Gasteiger partial charge in [0.1, 0.15) is 16.7 Å². The number of hydrogen-bond donors (Lipinski definition) is 1. The summed E-state index contributed by atoms with van der Waals surface area (Å²) in [5.41, 5.74) is 4.94. The third-order valence-corrected chi connectivity index (χ3v) is 4.16. The van der Waals surface area contributed by atoms with Crippen LogP contribution in [0, 0.1) is 6.92 Å². The van der Waals surface area contributed by atoms with Gasteiger partial charge in [-0.05, 0) is 46.8 Å². The number of nitrogens with two attached hydrogens (primary N) is 1. The van der Waals surface area contributed by atoms with Crippen molar-refractivity contribution in [3.05, 3.63) is 29.5 Å². The largest absolute Gasteiger partial charge is 0.481 e. The van der Waals surface area contributed by atoms with Gasteiger partial charge in [-0.3, -0.25) is 19.0 Å². The Labute approximate surface area is 172 Å². The average molecular weight is 423 g/mol. The van der Waals surface area contributed by atoms with E-state index in [0.717, 1.165) is 0 Å². The predicted molar refractivity (Wildman–Crippen MR) is 107 cm³/mol. The van der Waals surface area contributed by atoms with Gasteiger partial charge in [0.05, 0.1) is 16.5 Å². The van der Waals surface area contributed by atoms with E-state index in [1.165, 1.54) is 24.5 Å². The lowest BCUT2D eigenvalue weighted by molar-refractivity contribution is -0.157. The van der Waals surface area contributed by atoms with Crippen LogP contribution in [-0.4, -0.2) is 45.7 Å². The van der Waals surface area contributed by atoms with Crippen LogP contribution in [0.2, 0.25) is 0 Å². The maximum Gasteiger partial charge on any atom is 0.344 e. The second kappa shape index (κ2) is 8.24. The Hall–Kier alpha value is -2.87. The Morgan fingerprint density at radius 2 is 1.83 bits per heavy atom. The first-order valence-corrected chi connectivity index (χ1v) is 9.30. The van der Waals surface area contributed by atoms with E-state index in [2.05, 4.69) is 0 Å². The number of rotatable bonds is 6. The van der Waals surface area contributed by atoms with Crippen molar-refractivity contribution in [3.63, 3.8) is 0 Å². The van der Waals surface area contributed by atoms with Gasteiger partial charge in [-0.25, -0.2) is 4.79 Å². The van der Waals surface area contributed by atoms with Crippen LogP contribution < -0.4 is 10.5 Å². The zero-order valence-corrected chi connectivity index (χ0v) is 17.6. The third kappa shape index (κ3) is 4.76. The third-order valence-electron chi connectivity index (χ3n) is 3.97. The molecule has 2 rings (SSSR count). The molecule has 2 aromatic rings. The number of aromatic nitrogens is 1. The van der Waals surface area contributed by atoms with Crippen molar-refractivity contribution < 1.29 is 28.7 Å². The van der Waals surface area contributed by atoms with Crippen molar-refractivity contribution in [1.82, 2.24) is 4.57 Å². The number of nitrogens with zero attached hydrogens (tertiary/aromatic N) is 1. The molecule has 1 heterocycles. The van der Waals surface area contributed by atoms with Gasteiger partial charge in [0.2, 0.25) is 5.91 Å². The van der Waals surface area contributed by atoms with Crippen LogP contribution in [0.25, 0.3) is 10.9 Å². The first-order valence-electron chi connectivity index (χ1n) is 8.86. The van der Waals surface area contributed by atoms with E-state index < -0.39 is 41.2 Å².